The first-order valence-corrected chi connectivity index (χ1v) is 5.83. The van der Waals surface area contributed by atoms with Crippen LogP contribution in [0.4, 0.5) is 4.39 Å². The Labute approximate surface area is 123 Å². The van der Waals surface area contributed by atoms with Crippen LogP contribution in [0.15, 0.2) is 18.2 Å². The summed E-state index contributed by atoms with van der Waals surface area (Å²) in [6.45, 7) is 1.70. The van der Waals surface area contributed by atoms with Crippen molar-refractivity contribution in [3.05, 3.63) is 23.8 Å². The minimum atomic E-state index is -1.94. The lowest BCUT2D eigenvalue weighted by molar-refractivity contribution is -0.149. The maximum atomic E-state index is 13.9. The largest absolute Gasteiger partial charge is 0.497 e. The fourth-order valence-electron chi connectivity index (χ4n) is 1.62. The summed E-state index contributed by atoms with van der Waals surface area (Å²) >= 11 is 0. The van der Waals surface area contributed by atoms with Crippen molar-refractivity contribution in [1.82, 2.24) is 0 Å². The van der Waals surface area contributed by atoms with E-state index in [1.54, 1.807) is 25.1 Å². The fraction of sp³-hybridized carbons (Fsp3) is 0.462. The SMILES string of the molecule is CCOC(=O)C(F)[C@H](N)c1ccc(OC)cc1OC.Cl. The van der Waals surface area contributed by atoms with E-state index in [4.69, 9.17) is 15.2 Å². The van der Waals surface area contributed by atoms with E-state index < -0.39 is 18.2 Å². The molecular weight excluding hydrogens is 289 g/mol. The lowest BCUT2D eigenvalue weighted by atomic mass is 10.0. The van der Waals surface area contributed by atoms with E-state index in [2.05, 4.69) is 4.74 Å². The van der Waals surface area contributed by atoms with E-state index >= 15 is 0 Å². The van der Waals surface area contributed by atoms with Crippen LogP contribution in [-0.4, -0.2) is 33.0 Å². The molecule has 5 nitrogen and oxygen atoms in total. The second kappa shape index (κ2) is 8.60. The zero-order valence-electron chi connectivity index (χ0n) is 11.6. The third-order valence-corrected chi connectivity index (χ3v) is 2.63. The highest BCUT2D eigenvalue weighted by atomic mass is 35.5. The number of ether oxygens (including phenoxy) is 3. The van der Waals surface area contributed by atoms with Crippen molar-refractivity contribution in [3.8, 4) is 11.5 Å². The summed E-state index contributed by atoms with van der Waals surface area (Å²) in [5.41, 5.74) is 6.12. The highest BCUT2D eigenvalue weighted by Gasteiger charge is 2.29. The summed E-state index contributed by atoms with van der Waals surface area (Å²) in [5, 5.41) is 0. The first-order valence-electron chi connectivity index (χ1n) is 5.83. The van der Waals surface area contributed by atoms with Crippen LogP contribution in [0.25, 0.3) is 0 Å². The number of methoxy groups -OCH3 is 2. The van der Waals surface area contributed by atoms with Gasteiger partial charge in [0, 0.05) is 11.6 Å². The molecule has 0 saturated heterocycles. The topological polar surface area (TPSA) is 70.8 Å². The van der Waals surface area contributed by atoms with Crippen LogP contribution in [0.2, 0.25) is 0 Å². The normalized spacial score (nSPS) is 12.8. The quantitative estimate of drug-likeness (QED) is 0.814. The first-order chi connectivity index (χ1) is 9.04. The molecule has 0 spiro atoms. The number of carbonyl (C=O) groups is 1. The van der Waals surface area contributed by atoms with Gasteiger partial charge < -0.3 is 19.9 Å². The molecule has 2 atom stereocenters. The Morgan fingerprint density at radius 2 is 2.00 bits per heavy atom. The van der Waals surface area contributed by atoms with Gasteiger partial charge in [-0.1, -0.05) is 0 Å². The lowest BCUT2D eigenvalue weighted by Gasteiger charge is -2.18. The summed E-state index contributed by atoms with van der Waals surface area (Å²) < 4.78 is 28.6. The molecular formula is C13H19ClFNO4. The predicted molar refractivity (Wildman–Crippen MR) is 75.3 cm³/mol. The number of rotatable bonds is 6. The Bertz CT molecular complexity index is 444. The minimum Gasteiger partial charge on any atom is -0.497 e. The Balaban J connectivity index is 0.00000361. The number of nitrogens with two attached hydrogens (primary N) is 1. The Kier molecular flexibility index (Phi) is 7.94. The molecule has 0 saturated carbocycles. The van der Waals surface area contributed by atoms with Crippen molar-refractivity contribution >= 4 is 18.4 Å². The highest BCUT2D eigenvalue weighted by molar-refractivity contribution is 5.85. The second-order valence-corrected chi connectivity index (χ2v) is 3.79. The van der Waals surface area contributed by atoms with Crippen LogP contribution in [0, 0.1) is 0 Å². The van der Waals surface area contributed by atoms with Gasteiger partial charge in [0.25, 0.3) is 0 Å². The van der Waals surface area contributed by atoms with E-state index in [-0.39, 0.29) is 19.0 Å². The van der Waals surface area contributed by atoms with Gasteiger partial charge in [-0.15, -0.1) is 12.4 Å². The van der Waals surface area contributed by atoms with Gasteiger partial charge in [-0.05, 0) is 19.1 Å². The zero-order valence-corrected chi connectivity index (χ0v) is 12.4. The summed E-state index contributed by atoms with van der Waals surface area (Å²) in [6, 6.07) is 3.61. The fourth-order valence-corrected chi connectivity index (χ4v) is 1.62. The van der Waals surface area contributed by atoms with Crippen LogP contribution in [-0.2, 0) is 9.53 Å². The maximum Gasteiger partial charge on any atom is 0.342 e. The molecule has 0 aliphatic rings. The van der Waals surface area contributed by atoms with E-state index in [1.807, 2.05) is 0 Å². The Hall–Kier alpha value is -1.53. The van der Waals surface area contributed by atoms with Crippen LogP contribution >= 0.6 is 12.4 Å². The molecule has 0 aliphatic heterocycles. The smallest absolute Gasteiger partial charge is 0.342 e. The molecule has 114 valence electrons. The summed E-state index contributed by atoms with van der Waals surface area (Å²) in [6.07, 6.45) is -1.94. The standard InChI is InChI=1S/C13H18FNO4.ClH/c1-4-19-13(16)11(14)12(15)9-6-5-8(17-2)7-10(9)18-3;/h5-7,11-12H,4,15H2,1-3H3;1H/t11?,12-;/m1./s1. The molecule has 1 unspecified atom stereocenters. The number of esters is 1. The average molecular weight is 308 g/mol. The monoisotopic (exact) mass is 307 g/mol. The predicted octanol–water partition coefficient (Wildman–Crippen LogP) is 2.03. The van der Waals surface area contributed by atoms with E-state index in [0.717, 1.165) is 0 Å². The summed E-state index contributed by atoms with van der Waals surface area (Å²) in [5.74, 6) is -0.0639. The Morgan fingerprint density at radius 1 is 1.35 bits per heavy atom. The van der Waals surface area contributed by atoms with Gasteiger partial charge in [0.05, 0.1) is 26.9 Å². The number of alkyl halides is 1. The minimum absolute atomic E-state index is 0. The van der Waals surface area contributed by atoms with E-state index in [0.29, 0.717) is 17.1 Å². The van der Waals surface area contributed by atoms with Gasteiger partial charge in [0.2, 0.25) is 6.17 Å². The lowest BCUT2D eigenvalue weighted by Crippen LogP contribution is -2.31. The van der Waals surface area contributed by atoms with E-state index in [9.17, 15) is 9.18 Å². The van der Waals surface area contributed by atoms with Crippen molar-refractivity contribution in [3.63, 3.8) is 0 Å². The van der Waals surface area contributed by atoms with Gasteiger partial charge in [0.1, 0.15) is 11.5 Å². The highest BCUT2D eigenvalue weighted by Crippen LogP contribution is 2.31. The van der Waals surface area contributed by atoms with Crippen molar-refractivity contribution in [2.45, 2.75) is 19.1 Å². The van der Waals surface area contributed by atoms with Crippen LogP contribution < -0.4 is 15.2 Å². The van der Waals surface area contributed by atoms with Gasteiger partial charge in [-0.3, -0.25) is 0 Å². The zero-order chi connectivity index (χ0) is 14.4. The molecule has 20 heavy (non-hydrogen) atoms. The molecule has 0 fully saturated rings. The van der Waals surface area contributed by atoms with Crippen LogP contribution in [0.5, 0.6) is 11.5 Å². The molecule has 1 rings (SSSR count). The molecule has 0 amide bonds. The molecule has 0 aromatic heterocycles. The molecule has 1 aromatic rings. The third-order valence-electron chi connectivity index (χ3n) is 2.63. The molecule has 2 N–H and O–H groups in total. The molecule has 1 aromatic carbocycles. The van der Waals surface area contributed by atoms with Gasteiger partial charge >= 0.3 is 5.97 Å². The van der Waals surface area contributed by atoms with Crippen molar-refractivity contribution in [2.24, 2.45) is 5.73 Å². The summed E-state index contributed by atoms with van der Waals surface area (Å²) in [7, 11) is 2.94. The van der Waals surface area contributed by atoms with Gasteiger partial charge in [-0.2, -0.15) is 0 Å². The molecule has 7 heteroatoms. The van der Waals surface area contributed by atoms with Crippen molar-refractivity contribution in [1.29, 1.82) is 0 Å². The number of halogens is 2. The number of benzene rings is 1. The van der Waals surface area contributed by atoms with Crippen molar-refractivity contribution in [2.75, 3.05) is 20.8 Å². The first kappa shape index (κ1) is 18.5. The van der Waals surface area contributed by atoms with Crippen LogP contribution in [0.3, 0.4) is 0 Å². The Morgan fingerprint density at radius 3 is 2.50 bits per heavy atom. The molecule has 0 bridgehead atoms. The average Bonchev–Trinajstić information content (AvgIpc) is 2.45. The molecule has 0 heterocycles. The van der Waals surface area contributed by atoms with Gasteiger partial charge in [0.15, 0.2) is 0 Å². The third kappa shape index (κ3) is 4.25. The van der Waals surface area contributed by atoms with Gasteiger partial charge in [-0.25, -0.2) is 9.18 Å². The molecule has 0 aliphatic carbocycles. The summed E-state index contributed by atoms with van der Waals surface area (Å²) in [4.78, 5) is 11.3. The van der Waals surface area contributed by atoms with E-state index in [1.165, 1.54) is 14.2 Å². The number of carbonyl (C=O) groups excluding carboxylic acids is 1. The number of hydrogen-bond acceptors (Lipinski definition) is 5. The molecule has 0 radical (unpaired) electrons. The van der Waals surface area contributed by atoms with Crippen molar-refractivity contribution < 1.29 is 23.4 Å². The maximum absolute atomic E-state index is 13.9. The second-order valence-electron chi connectivity index (χ2n) is 3.79. The number of hydrogen-bond donors (Lipinski definition) is 1. The van der Waals surface area contributed by atoms with Crippen LogP contribution in [0.1, 0.15) is 18.5 Å².